The van der Waals surface area contributed by atoms with Crippen molar-refractivity contribution in [2.24, 2.45) is 5.92 Å². The summed E-state index contributed by atoms with van der Waals surface area (Å²) in [6, 6.07) is 2.74. The Morgan fingerprint density at radius 1 is 1.64 bits per heavy atom. The highest BCUT2D eigenvalue weighted by molar-refractivity contribution is 4.86. The van der Waals surface area contributed by atoms with Crippen molar-refractivity contribution in [2.45, 2.75) is 45.3 Å². The highest BCUT2D eigenvalue weighted by atomic mass is 16.5. The molecule has 0 radical (unpaired) electrons. The van der Waals surface area contributed by atoms with Gasteiger partial charge in [0.2, 0.25) is 0 Å². The Labute approximate surface area is 86.4 Å². The topological polar surface area (TPSA) is 45.0 Å². The summed E-state index contributed by atoms with van der Waals surface area (Å²) in [6.07, 6.45) is 2.09. The van der Waals surface area contributed by atoms with Crippen LogP contribution in [0.25, 0.3) is 0 Å². The van der Waals surface area contributed by atoms with E-state index in [1.165, 1.54) is 0 Å². The molecule has 0 bridgehead atoms. The molecule has 80 valence electrons. The lowest BCUT2D eigenvalue weighted by molar-refractivity contribution is -0.0629. The number of nitrogens with zero attached hydrogens (tertiary/aromatic N) is 1. The van der Waals surface area contributed by atoms with Crippen LogP contribution in [0.3, 0.4) is 0 Å². The molecule has 2 atom stereocenters. The molecule has 1 heterocycles. The SMILES string of the molecule is CC(C#N)CNC1CCOC(C)(C)C1. The van der Waals surface area contributed by atoms with Crippen LogP contribution in [0.4, 0.5) is 0 Å². The molecular formula is C11H20N2O. The lowest BCUT2D eigenvalue weighted by Crippen LogP contribution is -2.44. The average molecular weight is 196 g/mol. The van der Waals surface area contributed by atoms with Crippen LogP contribution in [0.5, 0.6) is 0 Å². The summed E-state index contributed by atoms with van der Waals surface area (Å²) in [4.78, 5) is 0. The molecule has 14 heavy (non-hydrogen) atoms. The van der Waals surface area contributed by atoms with Gasteiger partial charge in [-0.15, -0.1) is 0 Å². The lowest BCUT2D eigenvalue weighted by atomic mass is 9.93. The summed E-state index contributed by atoms with van der Waals surface area (Å²) in [5.74, 6) is 0.0981. The Balaban J connectivity index is 2.28. The monoisotopic (exact) mass is 196 g/mol. The molecule has 1 aliphatic rings. The maximum absolute atomic E-state index is 8.65. The van der Waals surface area contributed by atoms with Gasteiger partial charge in [-0.25, -0.2) is 0 Å². The van der Waals surface area contributed by atoms with Crippen molar-refractivity contribution < 1.29 is 4.74 Å². The van der Waals surface area contributed by atoms with Gasteiger partial charge >= 0.3 is 0 Å². The van der Waals surface area contributed by atoms with Gasteiger partial charge in [-0.1, -0.05) is 0 Å². The van der Waals surface area contributed by atoms with Crippen LogP contribution in [-0.4, -0.2) is 24.8 Å². The van der Waals surface area contributed by atoms with E-state index in [1.807, 2.05) is 6.92 Å². The van der Waals surface area contributed by atoms with Crippen LogP contribution in [0.15, 0.2) is 0 Å². The average Bonchev–Trinajstić information content (AvgIpc) is 2.12. The fourth-order valence-corrected chi connectivity index (χ4v) is 1.80. The summed E-state index contributed by atoms with van der Waals surface area (Å²) in [5.41, 5.74) is -0.00814. The van der Waals surface area contributed by atoms with E-state index in [9.17, 15) is 0 Å². The van der Waals surface area contributed by atoms with E-state index in [4.69, 9.17) is 10.00 Å². The lowest BCUT2D eigenvalue weighted by Gasteiger charge is -2.36. The van der Waals surface area contributed by atoms with Crippen molar-refractivity contribution in [3.63, 3.8) is 0 Å². The molecule has 1 aliphatic heterocycles. The molecular weight excluding hydrogens is 176 g/mol. The standard InChI is InChI=1S/C11H20N2O/c1-9(7-12)8-13-10-4-5-14-11(2,3)6-10/h9-10,13H,4-6,8H2,1-3H3. The van der Waals surface area contributed by atoms with E-state index in [-0.39, 0.29) is 11.5 Å². The van der Waals surface area contributed by atoms with Gasteiger partial charge in [-0.05, 0) is 33.6 Å². The summed E-state index contributed by atoms with van der Waals surface area (Å²) < 4.78 is 5.62. The summed E-state index contributed by atoms with van der Waals surface area (Å²) >= 11 is 0. The van der Waals surface area contributed by atoms with Crippen molar-refractivity contribution in [1.82, 2.24) is 5.32 Å². The number of nitrogens with one attached hydrogen (secondary N) is 1. The molecule has 0 amide bonds. The van der Waals surface area contributed by atoms with Crippen molar-refractivity contribution in [2.75, 3.05) is 13.2 Å². The zero-order valence-electron chi connectivity index (χ0n) is 9.34. The molecule has 0 saturated carbocycles. The van der Waals surface area contributed by atoms with Gasteiger partial charge < -0.3 is 10.1 Å². The molecule has 2 unspecified atom stereocenters. The fraction of sp³-hybridized carbons (Fsp3) is 0.909. The first kappa shape index (κ1) is 11.5. The first-order valence-corrected chi connectivity index (χ1v) is 5.30. The third kappa shape index (κ3) is 3.65. The number of hydrogen-bond acceptors (Lipinski definition) is 3. The first-order valence-electron chi connectivity index (χ1n) is 5.30. The highest BCUT2D eigenvalue weighted by Gasteiger charge is 2.28. The molecule has 0 aromatic heterocycles. The van der Waals surface area contributed by atoms with E-state index in [1.54, 1.807) is 0 Å². The Morgan fingerprint density at radius 3 is 2.93 bits per heavy atom. The second-order valence-electron chi connectivity index (χ2n) is 4.74. The van der Waals surface area contributed by atoms with Crippen molar-refractivity contribution >= 4 is 0 Å². The molecule has 1 saturated heterocycles. The van der Waals surface area contributed by atoms with E-state index in [0.717, 1.165) is 26.0 Å². The number of rotatable bonds is 3. The van der Waals surface area contributed by atoms with E-state index in [0.29, 0.717) is 6.04 Å². The van der Waals surface area contributed by atoms with Gasteiger partial charge in [-0.2, -0.15) is 5.26 Å². The minimum absolute atomic E-state index is 0.00814. The zero-order valence-corrected chi connectivity index (χ0v) is 9.34. The molecule has 3 heteroatoms. The van der Waals surface area contributed by atoms with Crippen molar-refractivity contribution in [1.29, 1.82) is 5.26 Å². The maximum Gasteiger partial charge on any atom is 0.0666 e. The van der Waals surface area contributed by atoms with Gasteiger partial charge in [0.15, 0.2) is 0 Å². The molecule has 0 aromatic rings. The molecule has 0 aromatic carbocycles. The number of hydrogen-bond donors (Lipinski definition) is 1. The molecule has 1 rings (SSSR count). The van der Waals surface area contributed by atoms with Crippen molar-refractivity contribution in [3.05, 3.63) is 0 Å². The van der Waals surface area contributed by atoms with Crippen LogP contribution in [-0.2, 0) is 4.74 Å². The summed E-state index contributed by atoms with van der Waals surface area (Å²) in [5, 5.41) is 12.1. The number of nitriles is 1. The minimum atomic E-state index is -0.00814. The van der Waals surface area contributed by atoms with Crippen LogP contribution < -0.4 is 5.32 Å². The van der Waals surface area contributed by atoms with Crippen LogP contribution in [0, 0.1) is 17.2 Å². The summed E-state index contributed by atoms with van der Waals surface area (Å²) in [6.45, 7) is 7.80. The Morgan fingerprint density at radius 2 is 2.36 bits per heavy atom. The third-order valence-corrected chi connectivity index (χ3v) is 2.63. The van der Waals surface area contributed by atoms with Gasteiger partial charge in [0.1, 0.15) is 0 Å². The normalized spacial score (nSPS) is 28.0. The van der Waals surface area contributed by atoms with Crippen LogP contribution >= 0.6 is 0 Å². The molecule has 0 spiro atoms. The Kier molecular flexibility index (Phi) is 3.91. The second-order valence-corrected chi connectivity index (χ2v) is 4.74. The fourth-order valence-electron chi connectivity index (χ4n) is 1.80. The Bertz CT molecular complexity index is 220. The van der Waals surface area contributed by atoms with Crippen LogP contribution in [0.1, 0.15) is 33.6 Å². The second kappa shape index (κ2) is 4.77. The predicted octanol–water partition coefficient (Wildman–Crippen LogP) is 1.69. The van der Waals surface area contributed by atoms with E-state index < -0.39 is 0 Å². The minimum Gasteiger partial charge on any atom is -0.375 e. The first-order chi connectivity index (χ1) is 6.53. The molecule has 1 fully saturated rings. The zero-order chi connectivity index (χ0) is 10.6. The number of ether oxygens (including phenoxy) is 1. The van der Waals surface area contributed by atoms with Crippen LogP contribution in [0.2, 0.25) is 0 Å². The molecule has 3 nitrogen and oxygen atoms in total. The molecule has 1 N–H and O–H groups in total. The quantitative estimate of drug-likeness (QED) is 0.747. The Hall–Kier alpha value is -0.590. The largest absolute Gasteiger partial charge is 0.375 e. The van der Waals surface area contributed by atoms with E-state index in [2.05, 4.69) is 25.2 Å². The predicted molar refractivity (Wildman–Crippen MR) is 55.8 cm³/mol. The highest BCUT2D eigenvalue weighted by Crippen LogP contribution is 2.23. The third-order valence-electron chi connectivity index (χ3n) is 2.63. The van der Waals surface area contributed by atoms with Gasteiger partial charge in [0, 0.05) is 19.2 Å². The smallest absolute Gasteiger partial charge is 0.0666 e. The van der Waals surface area contributed by atoms with Crippen molar-refractivity contribution in [3.8, 4) is 6.07 Å². The van der Waals surface area contributed by atoms with Gasteiger partial charge in [0.25, 0.3) is 0 Å². The van der Waals surface area contributed by atoms with E-state index >= 15 is 0 Å². The maximum atomic E-state index is 8.65. The van der Waals surface area contributed by atoms with Gasteiger partial charge in [-0.3, -0.25) is 0 Å². The summed E-state index contributed by atoms with van der Waals surface area (Å²) in [7, 11) is 0. The molecule has 0 aliphatic carbocycles. The van der Waals surface area contributed by atoms with Gasteiger partial charge in [0.05, 0.1) is 17.6 Å².